The van der Waals surface area contributed by atoms with E-state index in [-0.39, 0.29) is 23.1 Å². The minimum atomic E-state index is -0.408. The monoisotopic (exact) mass is 363 g/mol. The lowest BCUT2D eigenvalue weighted by atomic mass is 10.1. The van der Waals surface area contributed by atoms with Gasteiger partial charge in [0.15, 0.2) is 0 Å². The van der Waals surface area contributed by atoms with Crippen LogP contribution < -0.4 is 16.2 Å². The molecule has 3 aromatic rings. The summed E-state index contributed by atoms with van der Waals surface area (Å²) in [5.41, 5.74) is 1.11. The van der Waals surface area contributed by atoms with E-state index in [0.29, 0.717) is 28.6 Å². The fourth-order valence-electron chi connectivity index (χ4n) is 2.75. The maximum Gasteiger partial charge on any atom is 0.272 e. The smallest absolute Gasteiger partial charge is 0.272 e. The molecule has 0 unspecified atom stereocenters. The molecule has 0 aliphatic heterocycles. The number of benzene rings is 2. The van der Waals surface area contributed by atoms with Gasteiger partial charge in [-0.1, -0.05) is 32.0 Å². The molecule has 2 aromatic carbocycles. The van der Waals surface area contributed by atoms with Crippen molar-refractivity contribution in [3.05, 3.63) is 70.6 Å². The van der Waals surface area contributed by atoms with Crippen molar-refractivity contribution in [1.29, 1.82) is 0 Å². The molecule has 138 valence electrons. The zero-order valence-corrected chi connectivity index (χ0v) is 15.2. The molecule has 27 heavy (non-hydrogen) atoms. The molecule has 6 nitrogen and oxygen atoms in total. The second-order valence-electron chi connectivity index (χ2n) is 6.78. The average molecular weight is 363 g/mol. The van der Waals surface area contributed by atoms with Crippen LogP contribution in [-0.2, 0) is 4.79 Å². The molecule has 0 aliphatic rings. The van der Waals surface area contributed by atoms with Crippen molar-refractivity contribution in [3.8, 4) is 0 Å². The number of anilines is 2. The van der Waals surface area contributed by atoms with E-state index in [1.54, 1.807) is 48.5 Å². The quantitative estimate of drug-likeness (QED) is 0.644. The lowest BCUT2D eigenvalue weighted by Crippen LogP contribution is -2.19. The number of amides is 2. The van der Waals surface area contributed by atoms with E-state index < -0.39 is 5.91 Å². The second-order valence-corrected chi connectivity index (χ2v) is 6.78. The van der Waals surface area contributed by atoms with Crippen LogP contribution >= 0.6 is 0 Å². The van der Waals surface area contributed by atoms with Gasteiger partial charge >= 0.3 is 0 Å². The predicted octanol–water partition coefficient (Wildman–Crippen LogP) is 3.77. The summed E-state index contributed by atoms with van der Waals surface area (Å²) < 4.78 is 0. The van der Waals surface area contributed by atoms with Gasteiger partial charge in [-0.25, -0.2) is 0 Å². The van der Waals surface area contributed by atoms with Crippen molar-refractivity contribution in [1.82, 2.24) is 4.98 Å². The minimum Gasteiger partial charge on any atom is -0.326 e. The highest BCUT2D eigenvalue weighted by Crippen LogP contribution is 2.16. The molecule has 3 N–H and O–H groups in total. The summed E-state index contributed by atoms with van der Waals surface area (Å²) in [5, 5.41) is 6.80. The first-order valence-corrected chi connectivity index (χ1v) is 8.75. The molecule has 0 radical (unpaired) electrons. The number of rotatable bonds is 5. The molecule has 0 bridgehead atoms. The number of aromatic amines is 1. The van der Waals surface area contributed by atoms with Crippen LogP contribution in [0.3, 0.4) is 0 Å². The van der Waals surface area contributed by atoms with Crippen molar-refractivity contribution < 1.29 is 9.59 Å². The van der Waals surface area contributed by atoms with Crippen LogP contribution in [0, 0.1) is 5.92 Å². The van der Waals surface area contributed by atoms with E-state index in [0.717, 1.165) is 0 Å². The third-order valence-electron chi connectivity index (χ3n) is 4.02. The molecule has 0 saturated carbocycles. The summed E-state index contributed by atoms with van der Waals surface area (Å²) in [5.74, 6) is -0.169. The minimum absolute atomic E-state index is 0.0458. The number of carbonyl (C=O) groups is 2. The van der Waals surface area contributed by atoms with Gasteiger partial charge in [0.2, 0.25) is 5.91 Å². The van der Waals surface area contributed by atoms with E-state index in [2.05, 4.69) is 15.6 Å². The molecule has 1 aromatic heterocycles. The molecule has 1 heterocycles. The highest BCUT2D eigenvalue weighted by molar-refractivity contribution is 6.04. The van der Waals surface area contributed by atoms with Crippen LogP contribution in [0.4, 0.5) is 11.4 Å². The van der Waals surface area contributed by atoms with Crippen LogP contribution in [0.5, 0.6) is 0 Å². The summed E-state index contributed by atoms with van der Waals surface area (Å²) in [4.78, 5) is 38.9. The third-order valence-corrected chi connectivity index (χ3v) is 4.02. The lowest BCUT2D eigenvalue weighted by Gasteiger charge is -2.09. The number of nitrogens with one attached hydrogen (secondary N) is 3. The zero-order chi connectivity index (χ0) is 19.4. The Labute approximate surface area is 156 Å². The lowest BCUT2D eigenvalue weighted by molar-refractivity contribution is -0.116. The van der Waals surface area contributed by atoms with E-state index in [9.17, 15) is 14.4 Å². The normalized spacial score (nSPS) is 10.8. The number of carbonyl (C=O) groups excluding carboxylic acids is 2. The summed E-state index contributed by atoms with van der Waals surface area (Å²) in [6.45, 7) is 3.96. The molecule has 0 fully saturated rings. The highest BCUT2D eigenvalue weighted by atomic mass is 16.2. The Hall–Kier alpha value is -3.41. The van der Waals surface area contributed by atoms with Gasteiger partial charge in [-0.05, 0) is 47.7 Å². The zero-order valence-electron chi connectivity index (χ0n) is 15.2. The molecule has 0 atom stereocenters. The molecule has 2 amide bonds. The molecule has 3 rings (SSSR count). The summed E-state index contributed by atoms with van der Waals surface area (Å²) in [7, 11) is 0. The van der Waals surface area contributed by atoms with Crippen LogP contribution in [0.1, 0.15) is 30.8 Å². The maximum absolute atomic E-state index is 12.4. The highest BCUT2D eigenvalue weighted by Gasteiger charge is 2.10. The van der Waals surface area contributed by atoms with Crippen LogP contribution in [0.25, 0.3) is 10.8 Å². The van der Waals surface area contributed by atoms with Crippen molar-refractivity contribution in [2.24, 2.45) is 5.92 Å². The Balaban J connectivity index is 1.71. The van der Waals surface area contributed by atoms with Gasteiger partial charge < -0.3 is 15.6 Å². The summed E-state index contributed by atoms with van der Waals surface area (Å²) in [6.07, 6.45) is 0.452. The topological polar surface area (TPSA) is 91.1 Å². The summed E-state index contributed by atoms with van der Waals surface area (Å²) >= 11 is 0. The molecule has 0 saturated heterocycles. The maximum atomic E-state index is 12.4. The summed E-state index contributed by atoms with van der Waals surface area (Å²) in [6, 6.07) is 15.6. The SMILES string of the molecule is CC(C)CC(=O)Nc1ccc(NC(=O)c2cc3ccccc3c(=O)[nH]2)cc1. The number of hydrogen-bond donors (Lipinski definition) is 3. The molecule has 0 aliphatic carbocycles. The first-order valence-electron chi connectivity index (χ1n) is 8.75. The van der Waals surface area contributed by atoms with E-state index in [1.165, 1.54) is 0 Å². The molecular formula is C21H21N3O3. The van der Waals surface area contributed by atoms with E-state index >= 15 is 0 Å². The first kappa shape index (κ1) is 18.4. The van der Waals surface area contributed by atoms with Crippen LogP contribution in [0.15, 0.2) is 59.4 Å². The Morgan fingerprint density at radius 3 is 2.26 bits per heavy atom. The Kier molecular flexibility index (Phi) is 5.35. The van der Waals surface area contributed by atoms with Crippen molar-refractivity contribution in [2.45, 2.75) is 20.3 Å². The fraction of sp³-hybridized carbons (Fsp3) is 0.190. The molecular weight excluding hydrogens is 342 g/mol. The van der Waals surface area contributed by atoms with Crippen molar-refractivity contribution in [3.63, 3.8) is 0 Å². The Morgan fingerprint density at radius 1 is 0.963 bits per heavy atom. The Morgan fingerprint density at radius 2 is 1.59 bits per heavy atom. The van der Waals surface area contributed by atoms with Gasteiger partial charge in [-0.15, -0.1) is 0 Å². The molecule has 6 heteroatoms. The van der Waals surface area contributed by atoms with Crippen LogP contribution in [-0.4, -0.2) is 16.8 Å². The van der Waals surface area contributed by atoms with Gasteiger partial charge in [0, 0.05) is 23.2 Å². The first-order chi connectivity index (χ1) is 12.9. The van der Waals surface area contributed by atoms with Crippen LogP contribution in [0.2, 0.25) is 0 Å². The number of H-pyrrole nitrogens is 1. The van der Waals surface area contributed by atoms with Gasteiger partial charge in [0.05, 0.1) is 0 Å². The van der Waals surface area contributed by atoms with Gasteiger partial charge in [-0.2, -0.15) is 0 Å². The fourth-order valence-corrected chi connectivity index (χ4v) is 2.75. The second kappa shape index (κ2) is 7.86. The largest absolute Gasteiger partial charge is 0.326 e. The standard InChI is InChI=1S/C21H21N3O3/c1-13(2)11-19(25)22-15-7-9-16(10-8-15)23-21(27)18-12-14-5-3-4-6-17(14)20(26)24-18/h3-10,12-13H,11H2,1-2H3,(H,22,25)(H,23,27)(H,24,26). The Bertz CT molecular complexity index is 1040. The number of hydrogen-bond acceptors (Lipinski definition) is 3. The van der Waals surface area contributed by atoms with Gasteiger partial charge in [-0.3, -0.25) is 14.4 Å². The van der Waals surface area contributed by atoms with Gasteiger partial charge in [0.1, 0.15) is 5.69 Å². The number of aromatic nitrogens is 1. The number of pyridine rings is 1. The van der Waals surface area contributed by atoms with E-state index in [4.69, 9.17) is 0 Å². The van der Waals surface area contributed by atoms with Crippen molar-refractivity contribution >= 4 is 34.0 Å². The van der Waals surface area contributed by atoms with Gasteiger partial charge in [0.25, 0.3) is 11.5 Å². The predicted molar refractivity (Wildman–Crippen MR) is 107 cm³/mol. The third kappa shape index (κ3) is 4.61. The number of fused-ring (bicyclic) bond motifs is 1. The average Bonchev–Trinajstić information content (AvgIpc) is 2.62. The molecule has 0 spiro atoms. The van der Waals surface area contributed by atoms with Crippen molar-refractivity contribution in [2.75, 3.05) is 10.6 Å². The van der Waals surface area contributed by atoms with E-state index in [1.807, 2.05) is 19.9 Å².